The zero-order chi connectivity index (χ0) is 12.0. The van der Waals surface area contributed by atoms with Gasteiger partial charge in [0.15, 0.2) is 0 Å². The van der Waals surface area contributed by atoms with E-state index in [2.05, 4.69) is 32.6 Å². The molecule has 1 N–H and O–H groups in total. The molecule has 0 aliphatic heterocycles. The van der Waals surface area contributed by atoms with Gasteiger partial charge < -0.3 is 5.11 Å². The van der Waals surface area contributed by atoms with Gasteiger partial charge in [0.25, 0.3) is 0 Å². The number of hydrogen-bond acceptors (Lipinski definition) is 1. The van der Waals surface area contributed by atoms with Crippen LogP contribution in [0, 0.1) is 5.92 Å². The third-order valence-electron chi connectivity index (χ3n) is 3.45. The van der Waals surface area contributed by atoms with E-state index < -0.39 is 0 Å². The highest BCUT2D eigenvalue weighted by atomic mass is 16.3. The predicted molar refractivity (Wildman–Crippen MR) is 70.3 cm³/mol. The summed E-state index contributed by atoms with van der Waals surface area (Å²) in [6.07, 6.45) is 10.3. The summed E-state index contributed by atoms with van der Waals surface area (Å²) in [6, 6.07) is 0. The Morgan fingerprint density at radius 3 is 2.69 bits per heavy atom. The lowest BCUT2D eigenvalue weighted by Gasteiger charge is -2.18. The van der Waals surface area contributed by atoms with Gasteiger partial charge in [0.1, 0.15) is 0 Å². The molecule has 0 radical (unpaired) electrons. The predicted octanol–water partition coefficient (Wildman–Crippen LogP) is 4.01. The van der Waals surface area contributed by atoms with E-state index in [1.54, 1.807) is 0 Å². The van der Waals surface area contributed by atoms with Crippen LogP contribution in [0.25, 0.3) is 0 Å². The molecule has 0 amide bonds. The smallest absolute Gasteiger partial charge is 0.0641 e. The molecule has 0 aromatic rings. The normalized spacial score (nSPS) is 29.8. The second-order valence-electron chi connectivity index (χ2n) is 4.93. The van der Waals surface area contributed by atoms with E-state index in [1.165, 1.54) is 17.6 Å². The van der Waals surface area contributed by atoms with E-state index in [4.69, 9.17) is 0 Å². The molecule has 0 aromatic heterocycles. The highest BCUT2D eigenvalue weighted by Crippen LogP contribution is 2.25. The van der Waals surface area contributed by atoms with Crippen molar-refractivity contribution in [3.63, 3.8) is 0 Å². The Morgan fingerprint density at radius 1 is 1.31 bits per heavy atom. The monoisotopic (exact) mass is 220 g/mol. The first-order chi connectivity index (χ1) is 7.63. The molecule has 0 unspecified atom stereocenters. The fourth-order valence-corrected chi connectivity index (χ4v) is 2.11. The molecule has 0 fully saturated rings. The summed E-state index contributed by atoms with van der Waals surface area (Å²) in [5.41, 5.74) is 3.92. The Morgan fingerprint density at radius 2 is 2.00 bits per heavy atom. The van der Waals surface area contributed by atoms with Crippen LogP contribution in [0.5, 0.6) is 0 Å². The van der Waals surface area contributed by atoms with Gasteiger partial charge in [-0.1, -0.05) is 29.9 Å². The summed E-state index contributed by atoms with van der Waals surface area (Å²) in [4.78, 5) is 0. The van der Waals surface area contributed by atoms with E-state index in [9.17, 15) is 5.11 Å². The Hall–Kier alpha value is -0.820. The van der Waals surface area contributed by atoms with Crippen LogP contribution < -0.4 is 0 Å². The van der Waals surface area contributed by atoms with Crippen LogP contribution in [0.2, 0.25) is 0 Å². The maximum atomic E-state index is 9.17. The topological polar surface area (TPSA) is 20.2 Å². The molecule has 1 heteroatoms. The highest BCUT2D eigenvalue weighted by molar-refractivity contribution is 5.11. The summed E-state index contributed by atoms with van der Waals surface area (Å²) in [5, 5.41) is 9.17. The SMILES string of the molecule is C=C(CO)[C@H]1C/C=C(/C)CC/C=C(/C)CC1. The molecular formula is C15H24O. The average molecular weight is 220 g/mol. The molecule has 1 aliphatic carbocycles. The number of allylic oxidation sites excluding steroid dienone is 4. The number of aliphatic hydroxyl groups excluding tert-OH is 1. The first-order valence-corrected chi connectivity index (χ1v) is 6.23. The van der Waals surface area contributed by atoms with Gasteiger partial charge in [0, 0.05) is 0 Å². The molecule has 0 bridgehead atoms. The fourth-order valence-electron chi connectivity index (χ4n) is 2.11. The first-order valence-electron chi connectivity index (χ1n) is 6.23. The molecule has 16 heavy (non-hydrogen) atoms. The van der Waals surface area contributed by atoms with Gasteiger partial charge in [-0.15, -0.1) is 0 Å². The minimum Gasteiger partial charge on any atom is -0.392 e. The van der Waals surface area contributed by atoms with Crippen LogP contribution in [-0.4, -0.2) is 11.7 Å². The molecule has 1 rings (SSSR count). The summed E-state index contributed by atoms with van der Waals surface area (Å²) < 4.78 is 0. The summed E-state index contributed by atoms with van der Waals surface area (Å²) in [7, 11) is 0. The van der Waals surface area contributed by atoms with Crippen LogP contribution in [0.4, 0.5) is 0 Å². The summed E-state index contributed by atoms with van der Waals surface area (Å²) >= 11 is 0. The van der Waals surface area contributed by atoms with E-state index in [1.807, 2.05) is 0 Å². The third-order valence-corrected chi connectivity index (χ3v) is 3.45. The number of hydrogen-bond donors (Lipinski definition) is 1. The van der Waals surface area contributed by atoms with Crippen LogP contribution in [-0.2, 0) is 0 Å². The minimum absolute atomic E-state index is 0.125. The van der Waals surface area contributed by atoms with Gasteiger partial charge in [-0.3, -0.25) is 0 Å². The largest absolute Gasteiger partial charge is 0.392 e. The Balaban J connectivity index is 2.71. The molecule has 0 saturated heterocycles. The van der Waals surface area contributed by atoms with Crippen molar-refractivity contribution in [2.75, 3.05) is 6.61 Å². The number of rotatable bonds is 2. The Bertz CT molecular complexity index is 297. The summed E-state index contributed by atoms with van der Waals surface area (Å²) in [5.74, 6) is 0.446. The third kappa shape index (κ3) is 4.36. The van der Waals surface area contributed by atoms with Crippen molar-refractivity contribution in [1.82, 2.24) is 0 Å². The van der Waals surface area contributed by atoms with E-state index >= 15 is 0 Å². The van der Waals surface area contributed by atoms with E-state index in [0.717, 1.165) is 31.3 Å². The number of aliphatic hydroxyl groups is 1. The van der Waals surface area contributed by atoms with E-state index in [0.29, 0.717) is 5.92 Å². The molecule has 0 heterocycles. The van der Waals surface area contributed by atoms with Gasteiger partial charge >= 0.3 is 0 Å². The molecule has 90 valence electrons. The molecule has 1 atom stereocenters. The van der Waals surface area contributed by atoms with Crippen LogP contribution in [0.15, 0.2) is 35.5 Å². The summed E-state index contributed by atoms with van der Waals surface area (Å²) in [6.45, 7) is 8.51. The van der Waals surface area contributed by atoms with Crippen molar-refractivity contribution in [3.05, 3.63) is 35.5 Å². The lowest BCUT2D eigenvalue weighted by atomic mass is 9.88. The van der Waals surface area contributed by atoms with E-state index in [-0.39, 0.29) is 6.61 Å². The van der Waals surface area contributed by atoms with Gasteiger partial charge in [0.05, 0.1) is 6.61 Å². The van der Waals surface area contributed by atoms with Crippen LogP contribution >= 0.6 is 0 Å². The van der Waals surface area contributed by atoms with Gasteiger partial charge in [-0.05, 0) is 57.4 Å². The molecular weight excluding hydrogens is 196 g/mol. The van der Waals surface area contributed by atoms with Crippen molar-refractivity contribution in [1.29, 1.82) is 0 Å². The second-order valence-corrected chi connectivity index (χ2v) is 4.93. The lowest BCUT2D eigenvalue weighted by molar-refractivity contribution is 0.311. The fraction of sp³-hybridized carbons (Fsp3) is 0.600. The van der Waals surface area contributed by atoms with Gasteiger partial charge in [-0.25, -0.2) is 0 Å². The molecule has 1 nitrogen and oxygen atoms in total. The standard InChI is InChI=1S/C15H24O/c1-12-5-4-6-13(2)8-10-15(9-7-12)14(3)11-16/h5,8,15-16H,3-4,6-7,9-11H2,1-2H3/b12-5-,13-8-/t15-/m1/s1. The maximum Gasteiger partial charge on any atom is 0.0641 e. The van der Waals surface area contributed by atoms with Crippen molar-refractivity contribution < 1.29 is 5.11 Å². The van der Waals surface area contributed by atoms with Crippen molar-refractivity contribution in [2.45, 2.75) is 46.0 Å². The Labute approximate surface area is 99.6 Å². The molecule has 0 spiro atoms. The second kappa shape index (κ2) is 6.70. The zero-order valence-electron chi connectivity index (χ0n) is 10.6. The quantitative estimate of drug-likeness (QED) is 0.697. The van der Waals surface area contributed by atoms with Gasteiger partial charge in [-0.2, -0.15) is 0 Å². The zero-order valence-corrected chi connectivity index (χ0v) is 10.6. The maximum absolute atomic E-state index is 9.17. The minimum atomic E-state index is 0.125. The average Bonchev–Trinajstić information content (AvgIpc) is 2.28. The van der Waals surface area contributed by atoms with Crippen molar-refractivity contribution >= 4 is 0 Å². The highest BCUT2D eigenvalue weighted by Gasteiger charge is 2.11. The van der Waals surface area contributed by atoms with Gasteiger partial charge in [0.2, 0.25) is 0 Å². The van der Waals surface area contributed by atoms with Crippen LogP contribution in [0.1, 0.15) is 46.0 Å². The lowest BCUT2D eigenvalue weighted by Crippen LogP contribution is -2.07. The van der Waals surface area contributed by atoms with Crippen molar-refractivity contribution in [2.24, 2.45) is 5.92 Å². The Kier molecular flexibility index (Phi) is 5.54. The molecule has 0 saturated carbocycles. The molecule has 0 aromatic carbocycles. The molecule has 1 aliphatic rings. The van der Waals surface area contributed by atoms with Crippen LogP contribution in [0.3, 0.4) is 0 Å². The first kappa shape index (κ1) is 13.2. The van der Waals surface area contributed by atoms with Crippen molar-refractivity contribution in [3.8, 4) is 0 Å².